The first-order chi connectivity index (χ1) is 18.7. The number of anilines is 1. The van der Waals surface area contributed by atoms with Crippen molar-refractivity contribution < 1.29 is 33.3 Å². The van der Waals surface area contributed by atoms with Crippen LogP contribution in [0, 0.1) is 0 Å². The van der Waals surface area contributed by atoms with E-state index in [4.69, 9.17) is 14.2 Å². The van der Waals surface area contributed by atoms with Gasteiger partial charge in [0.2, 0.25) is 23.0 Å². The number of rotatable bonds is 11. The predicted octanol–water partition coefficient (Wildman–Crippen LogP) is 2.34. The van der Waals surface area contributed by atoms with Crippen molar-refractivity contribution >= 4 is 23.5 Å². The second-order valence-corrected chi connectivity index (χ2v) is 8.98. The van der Waals surface area contributed by atoms with Gasteiger partial charge < -0.3 is 34.9 Å². The van der Waals surface area contributed by atoms with Crippen molar-refractivity contribution in [2.75, 3.05) is 46.8 Å². The highest BCUT2D eigenvalue weighted by Gasteiger charge is 2.29. The van der Waals surface area contributed by atoms with Crippen LogP contribution in [0.2, 0.25) is 0 Å². The Morgan fingerprint density at radius 1 is 1.00 bits per heavy atom. The minimum atomic E-state index is -0.527. The number of carbonyl (C=O) groups is 3. The summed E-state index contributed by atoms with van der Waals surface area (Å²) in [6, 6.07) is 6.54. The van der Waals surface area contributed by atoms with Crippen molar-refractivity contribution in [3.8, 4) is 28.4 Å². The molecule has 0 spiro atoms. The Balaban J connectivity index is 1.97. The number of hydrogen-bond acceptors (Lipinski definition) is 9. The van der Waals surface area contributed by atoms with Crippen LogP contribution in [-0.4, -0.2) is 59.3 Å². The van der Waals surface area contributed by atoms with Crippen molar-refractivity contribution in [3.05, 3.63) is 45.6 Å². The molecule has 0 aromatic heterocycles. The van der Waals surface area contributed by atoms with Crippen LogP contribution in [-0.2, 0) is 25.5 Å². The molecule has 3 rings (SSSR count). The fourth-order valence-electron chi connectivity index (χ4n) is 4.66. The zero-order chi connectivity index (χ0) is 28.5. The zero-order valence-corrected chi connectivity index (χ0v) is 22.9. The highest BCUT2D eigenvalue weighted by Crippen LogP contribution is 2.50. The minimum Gasteiger partial charge on any atom is -0.493 e. The number of hydrogen-bond donors (Lipinski definition) is 3. The first-order valence-electron chi connectivity index (χ1n) is 12.6. The molecule has 0 bridgehead atoms. The smallest absolute Gasteiger partial charge is 0.325 e. The highest BCUT2D eigenvalue weighted by atomic mass is 16.5. The summed E-state index contributed by atoms with van der Waals surface area (Å²) in [4.78, 5) is 48.4. The molecule has 11 nitrogen and oxygen atoms in total. The number of fused-ring (bicyclic) bond motifs is 3. The Morgan fingerprint density at radius 3 is 2.38 bits per heavy atom. The highest BCUT2D eigenvalue weighted by molar-refractivity contribution is 5.84. The Bertz CT molecular complexity index is 1290. The average molecular weight is 542 g/mol. The van der Waals surface area contributed by atoms with E-state index in [1.165, 1.54) is 27.2 Å². The molecule has 2 aromatic carbocycles. The molecule has 0 saturated carbocycles. The SMILES string of the molecule is COC(=O)CNC(=O)CCCNc1ccc2c(cc1=O)[C@H](NC(C)=O)CCc1cc(OC)c(OC)c(OC)c1-2. The number of methoxy groups -OCH3 is 4. The first-order valence-corrected chi connectivity index (χ1v) is 12.6. The van der Waals surface area contributed by atoms with E-state index in [0.717, 1.165) is 16.7 Å². The molecule has 2 aromatic rings. The van der Waals surface area contributed by atoms with Gasteiger partial charge in [0.05, 0.1) is 40.2 Å². The van der Waals surface area contributed by atoms with Crippen molar-refractivity contribution in [1.82, 2.24) is 10.6 Å². The van der Waals surface area contributed by atoms with Gasteiger partial charge in [-0.15, -0.1) is 0 Å². The van der Waals surface area contributed by atoms with Gasteiger partial charge in [0.25, 0.3) is 0 Å². The van der Waals surface area contributed by atoms with E-state index in [9.17, 15) is 19.2 Å². The molecule has 0 heterocycles. The Morgan fingerprint density at radius 2 is 1.74 bits per heavy atom. The molecular formula is C28H35N3O8. The van der Waals surface area contributed by atoms with Crippen LogP contribution in [0.4, 0.5) is 5.69 Å². The summed E-state index contributed by atoms with van der Waals surface area (Å²) >= 11 is 0. The van der Waals surface area contributed by atoms with Crippen LogP contribution < -0.4 is 35.6 Å². The molecule has 39 heavy (non-hydrogen) atoms. The van der Waals surface area contributed by atoms with E-state index in [0.29, 0.717) is 54.3 Å². The molecule has 210 valence electrons. The summed E-state index contributed by atoms with van der Waals surface area (Å²) in [6.45, 7) is 1.61. The van der Waals surface area contributed by atoms with E-state index in [2.05, 4.69) is 20.7 Å². The van der Waals surface area contributed by atoms with Gasteiger partial charge in [-0.3, -0.25) is 19.2 Å². The fourth-order valence-corrected chi connectivity index (χ4v) is 4.66. The molecule has 1 aliphatic carbocycles. The van der Waals surface area contributed by atoms with Crippen LogP contribution in [0.15, 0.2) is 29.1 Å². The van der Waals surface area contributed by atoms with Gasteiger partial charge >= 0.3 is 5.97 Å². The molecular weight excluding hydrogens is 506 g/mol. The minimum absolute atomic E-state index is 0.171. The number of aryl methyl sites for hydroxylation is 1. The second-order valence-electron chi connectivity index (χ2n) is 8.98. The molecule has 0 fully saturated rings. The summed E-state index contributed by atoms with van der Waals surface area (Å²) < 4.78 is 21.4. The molecule has 2 amide bonds. The monoisotopic (exact) mass is 541 g/mol. The standard InChI is InChI=1S/C28H35N3O8/c1-16(32)31-20-10-8-17-13-23(36-2)27(38-4)28(39-5)26(17)18-9-11-21(22(33)14-19(18)20)29-12-6-7-24(34)30-15-25(35)37-3/h9,11,13-14,20H,6-8,10,12,15H2,1-5H3,(H,29,33)(H,30,34)(H,31,32)/t20-/m1/s1. The summed E-state index contributed by atoms with van der Waals surface area (Å²) in [5.74, 6) is 0.405. The summed E-state index contributed by atoms with van der Waals surface area (Å²) in [6.07, 6.45) is 1.77. The normalized spacial score (nSPS) is 13.6. The predicted molar refractivity (Wildman–Crippen MR) is 145 cm³/mol. The van der Waals surface area contributed by atoms with E-state index in [1.54, 1.807) is 20.3 Å². The van der Waals surface area contributed by atoms with Gasteiger partial charge in [-0.1, -0.05) is 6.07 Å². The topological polar surface area (TPSA) is 141 Å². The molecule has 1 atom stereocenters. The molecule has 0 unspecified atom stereocenters. The number of amides is 2. The molecule has 0 aliphatic heterocycles. The lowest BCUT2D eigenvalue weighted by molar-refractivity contribution is -0.141. The average Bonchev–Trinajstić information content (AvgIpc) is 3.16. The lowest BCUT2D eigenvalue weighted by atomic mass is 9.95. The third-order valence-corrected chi connectivity index (χ3v) is 6.47. The molecule has 11 heteroatoms. The van der Waals surface area contributed by atoms with Gasteiger partial charge in [-0.05, 0) is 54.2 Å². The van der Waals surface area contributed by atoms with Crippen LogP contribution in [0.1, 0.15) is 43.4 Å². The van der Waals surface area contributed by atoms with Gasteiger partial charge in [0.15, 0.2) is 11.5 Å². The number of nitrogens with one attached hydrogen (secondary N) is 3. The van der Waals surface area contributed by atoms with Crippen molar-refractivity contribution in [2.24, 2.45) is 0 Å². The molecule has 3 N–H and O–H groups in total. The van der Waals surface area contributed by atoms with Crippen molar-refractivity contribution in [3.63, 3.8) is 0 Å². The maximum Gasteiger partial charge on any atom is 0.325 e. The zero-order valence-electron chi connectivity index (χ0n) is 22.9. The summed E-state index contributed by atoms with van der Waals surface area (Å²) in [5.41, 5.74) is 3.18. The van der Waals surface area contributed by atoms with Gasteiger partial charge in [-0.25, -0.2) is 0 Å². The lowest BCUT2D eigenvalue weighted by Gasteiger charge is -2.19. The van der Waals surface area contributed by atoms with Crippen molar-refractivity contribution in [2.45, 2.75) is 38.6 Å². The quantitative estimate of drug-likeness (QED) is 0.289. The van der Waals surface area contributed by atoms with Gasteiger partial charge in [0, 0.05) is 25.5 Å². The first kappa shape index (κ1) is 29.3. The Hall–Kier alpha value is -4.28. The molecule has 0 radical (unpaired) electrons. The number of carbonyl (C=O) groups excluding carboxylic acids is 3. The molecule has 1 aliphatic rings. The maximum absolute atomic E-state index is 13.3. The van der Waals surface area contributed by atoms with Crippen LogP contribution in [0.25, 0.3) is 11.1 Å². The largest absolute Gasteiger partial charge is 0.493 e. The maximum atomic E-state index is 13.3. The van der Waals surface area contributed by atoms with E-state index in [-0.39, 0.29) is 30.2 Å². The van der Waals surface area contributed by atoms with E-state index >= 15 is 0 Å². The Kier molecular flexibility index (Phi) is 10.1. The third-order valence-electron chi connectivity index (χ3n) is 6.47. The van der Waals surface area contributed by atoms with E-state index < -0.39 is 12.0 Å². The van der Waals surface area contributed by atoms with E-state index in [1.807, 2.05) is 12.1 Å². The van der Waals surface area contributed by atoms with Crippen LogP contribution in [0.3, 0.4) is 0 Å². The van der Waals surface area contributed by atoms with Gasteiger partial charge in [0.1, 0.15) is 6.54 Å². The lowest BCUT2D eigenvalue weighted by Crippen LogP contribution is -2.30. The summed E-state index contributed by atoms with van der Waals surface area (Å²) in [5, 5.41) is 8.56. The number of benzene rings is 1. The second kappa shape index (κ2) is 13.5. The van der Waals surface area contributed by atoms with Crippen LogP contribution in [0.5, 0.6) is 17.2 Å². The Labute approximate surface area is 227 Å². The van der Waals surface area contributed by atoms with Gasteiger partial charge in [-0.2, -0.15) is 0 Å². The summed E-state index contributed by atoms with van der Waals surface area (Å²) in [7, 11) is 5.88. The number of esters is 1. The number of ether oxygens (including phenoxy) is 4. The third kappa shape index (κ3) is 6.98. The molecule has 0 saturated heterocycles. The van der Waals surface area contributed by atoms with Crippen molar-refractivity contribution in [1.29, 1.82) is 0 Å². The van der Waals surface area contributed by atoms with Crippen LogP contribution >= 0.6 is 0 Å². The fraction of sp³-hybridized carbons (Fsp3) is 0.429.